The molecule has 0 amide bonds. The minimum atomic E-state index is 0.443. The van der Waals surface area contributed by atoms with Gasteiger partial charge in [0, 0.05) is 0 Å². The second-order valence-corrected chi connectivity index (χ2v) is 7.74. The Balaban J connectivity index is 1.89. The van der Waals surface area contributed by atoms with E-state index in [4.69, 9.17) is 0 Å². The summed E-state index contributed by atoms with van der Waals surface area (Å²) < 4.78 is 0. The van der Waals surface area contributed by atoms with E-state index in [2.05, 4.69) is 30.3 Å². The predicted octanol–water partition coefficient (Wildman–Crippen LogP) is 6.83. The van der Waals surface area contributed by atoms with Crippen LogP contribution in [0.5, 0.6) is 0 Å². The summed E-state index contributed by atoms with van der Waals surface area (Å²) in [5.41, 5.74) is 1.99. The number of hydrogen-bond acceptors (Lipinski definition) is 0. The Hall–Kier alpha value is -0.780. The molecule has 1 aromatic rings. The van der Waals surface area contributed by atoms with E-state index >= 15 is 0 Å². The van der Waals surface area contributed by atoms with Crippen LogP contribution in [0.1, 0.15) is 95.5 Å². The molecule has 0 aliphatic heterocycles. The highest BCUT2D eigenvalue weighted by Crippen LogP contribution is 2.47. The van der Waals surface area contributed by atoms with Crippen LogP contribution < -0.4 is 0 Å². The van der Waals surface area contributed by atoms with E-state index in [-0.39, 0.29) is 0 Å². The maximum Gasteiger partial charge on any atom is -0.00126 e. The van der Waals surface area contributed by atoms with Gasteiger partial charge in [0.2, 0.25) is 0 Å². The van der Waals surface area contributed by atoms with E-state index in [0.717, 1.165) is 5.92 Å². The van der Waals surface area contributed by atoms with E-state index in [1.54, 1.807) is 5.56 Å². The third-order valence-electron chi connectivity index (χ3n) is 6.38. The van der Waals surface area contributed by atoms with Gasteiger partial charge in [0.25, 0.3) is 0 Å². The van der Waals surface area contributed by atoms with Crippen molar-refractivity contribution in [3.63, 3.8) is 0 Å². The molecule has 0 aromatic heterocycles. The molecule has 0 heterocycles. The summed E-state index contributed by atoms with van der Waals surface area (Å²) >= 11 is 0. The fourth-order valence-electron chi connectivity index (χ4n) is 5.15. The van der Waals surface area contributed by atoms with Gasteiger partial charge in [-0.15, -0.1) is 0 Å². The summed E-state index contributed by atoms with van der Waals surface area (Å²) in [6.07, 6.45) is 20.3. The smallest absolute Gasteiger partial charge is 0.00126 e. The fraction of sp³-hybridized carbons (Fsp3) is 0.727. The Kier molecular flexibility index (Phi) is 5.98. The number of benzene rings is 1. The Labute approximate surface area is 137 Å². The highest BCUT2D eigenvalue weighted by Gasteiger charge is 2.39. The summed E-state index contributed by atoms with van der Waals surface area (Å²) in [5.74, 6) is 0.907. The van der Waals surface area contributed by atoms with Crippen molar-refractivity contribution in [1.82, 2.24) is 0 Å². The lowest BCUT2D eigenvalue weighted by Crippen LogP contribution is -2.36. The zero-order valence-corrected chi connectivity index (χ0v) is 14.3. The quantitative estimate of drug-likeness (QED) is 0.561. The Morgan fingerprint density at radius 2 is 1.32 bits per heavy atom. The molecule has 2 aliphatic rings. The normalized spacial score (nSPS) is 24.7. The molecule has 3 rings (SSSR count). The van der Waals surface area contributed by atoms with Gasteiger partial charge in [0.15, 0.2) is 0 Å². The number of rotatable bonds is 2. The van der Waals surface area contributed by atoms with Gasteiger partial charge < -0.3 is 0 Å². The van der Waals surface area contributed by atoms with Crippen LogP contribution in [-0.4, -0.2) is 0 Å². The molecule has 2 saturated carbocycles. The van der Waals surface area contributed by atoms with E-state index in [0.29, 0.717) is 5.41 Å². The summed E-state index contributed by atoms with van der Waals surface area (Å²) in [5, 5.41) is 0. The van der Waals surface area contributed by atoms with Gasteiger partial charge in [-0.2, -0.15) is 0 Å². The van der Waals surface area contributed by atoms with Gasteiger partial charge in [0.1, 0.15) is 0 Å². The molecule has 0 saturated heterocycles. The van der Waals surface area contributed by atoms with Crippen LogP contribution in [0.2, 0.25) is 0 Å². The molecule has 0 bridgehead atoms. The Morgan fingerprint density at radius 3 is 1.91 bits per heavy atom. The largest absolute Gasteiger partial charge is 0.0619 e. The molecule has 2 fully saturated rings. The van der Waals surface area contributed by atoms with Gasteiger partial charge in [-0.05, 0) is 48.6 Å². The van der Waals surface area contributed by atoms with Crippen LogP contribution >= 0.6 is 0 Å². The summed E-state index contributed by atoms with van der Waals surface area (Å²) in [4.78, 5) is 0. The predicted molar refractivity (Wildman–Crippen MR) is 95.1 cm³/mol. The molecule has 2 aliphatic carbocycles. The Morgan fingerprint density at radius 1 is 0.727 bits per heavy atom. The molecule has 0 nitrogen and oxygen atoms in total. The average molecular weight is 298 g/mol. The van der Waals surface area contributed by atoms with E-state index in [1.807, 2.05) is 0 Å². The average Bonchev–Trinajstić information content (AvgIpc) is 2.49. The molecule has 0 atom stereocenters. The molecule has 22 heavy (non-hydrogen) atoms. The minimum absolute atomic E-state index is 0.443. The third kappa shape index (κ3) is 3.76. The van der Waals surface area contributed by atoms with Gasteiger partial charge >= 0.3 is 0 Å². The fourth-order valence-corrected chi connectivity index (χ4v) is 5.15. The lowest BCUT2D eigenvalue weighted by molar-refractivity contribution is 0.171. The molecular weight excluding hydrogens is 264 g/mol. The van der Waals surface area contributed by atoms with E-state index in [1.165, 1.54) is 89.9 Å². The third-order valence-corrected chi connectivity index (χ3v) is 6.38. The standard InChI is InChI=1S/C22H33/c1-3-8-14-20(15-9-4-1)22(21-16-10-7-11-17-21)18-12-5-2-6-13-19-22/h7,10-11,16,20H,1-6,8-9,12-15,18-19H2. The molecule has 1 aromatic carbocycles. The van der Waals surface area contributed by atoms with Crippen molar-refractivity contribution in [3.8, 4) is 0 Å². The second kappa shape index (κ2) is 8.18. The van der Waals surface area contributed by atoms with E-state index < -0.39 is 0 Å². The molecule has 0 heteroatoms. The first-order valence-corrected chi connectivity index (χ1v) is 9.89. The molecule has 0 unspecified atom stereocenters. The minimum Gasteiger partial charge on any atom is -0.0619 e. The van der Waals surface area contributed by atoms with Crippen molar-refractivity contribution >= 4 is 0 Å². The van der Waals surface area contributed by atoms with Crippen LogP contribution in [-0.2, 0) is 5.41 Å². The van der Waals surface area contributed by atoms with Gasteiger partial charge in [0.05, 0.1) is 0 Å². The molecule has 0 N–H and O–H groups in total. The lowest BCUT2D eigenvalue weighted by atomic mass is 9.60. The van der Waals surface area contributed by atoms with Crippen LogP contribution in [0.4, 0.5) is 0 Å². The van der Waals surface area contributed by atoms with Crippen LogP contribution in [0, 0.1) is 12.0 Å². The highest BCUT2D eigenvalue weighted by atomic mass is 14.4. The monoisotopic (exact) mass is 297 g/mol. The summed E-state index contributed by atoms with van der Waals surface area (Å²) in [6.45, 7) is 0. The van der Waals surface area contributed by atoms with Gasteiger partial charge in [-0.25, -0.2) is 0 Å². The zero-order chi connectivity index (χ0) is 15.1. The maximum absolute atomic E-state index is 3.66. The number of hydrogen-bond donors (Lipinski definition) is 0. The molecular formula is C22H33. The van der Waals surface area contributed by atoms with Gasteiger partial charge in [-0.1, -0.05) is 88.5 Å². The van der Waals surface area contributed by atoms with Gasteiger partial charge in [-0.3, -0.25) is 0 Å². The highest BCUT2D eigenvalue weighted by molar-refractivity contribution is 5.26. The van der Waals surface area contributed by atoms with Crippen LogP contribution in [0.3, 0.4) is 0 Å². The first-order valence-electron chi connectivity index (χ1n) is 9.89. The second-order valence-electron chi connectivity index (χ2n) is 7.74. The topological polar surface area (TPSA) is 0 Å². The van der Waals surface area contributed by atoms with E-state index in [9.17, 15) is 0 Å². The SMILES string of the molecule is [c]1ccccc1C1(C2CCCCCCC2)CCCCCCC1. The maximum atomic E-state index is 3.66. The van der Waals surface area contributed by atoms with Crippen molar-refractivity contribution < 1.29 is 0 Å². The van der Waals surface area contributed by atoms with Crippen LogP contribution in [0.15, 0.2) is 24.3 Å². The molecule has 121 valence electrons. The first-order chi connectivity index (χ1) is 10.9. The Bertz CT molecular complexity index is 403. The van der Waals surface area contributed by atoms with Crippen molar-refractivity contribution in [2.45, 2.75) is 95.3 Å². The summed E-state index contributed by atoms with van der Waals surface area (Å²) in [6, 6.07) is 12.6. The van der Waals surface area contributed by atoms with Crippen molar-refractivity contribution in [2.24, 2.45) is 5.92 Å². The van der Waals surface area contributed by atoms with Crippen molar-refractivity contribution in [3.05, 3.63) is 35.9 Å². The zero-order valence-electron chi connectivity index (χ0n) is 14.3. The lowest BCUT2D eigenvalue weighted by Gasteiger charge is -2.44. The van der Waals surface area contributed by atoms with Crippen LogP contribution in [0.25, 0.3) is 0 Å². The summed E-state index contributed by atoms with van der Waals surface area (Å²) in [7, 11) is 0. The van der Waals surface area contributed by atoms with Crippen molar-refractivity contribution in [1.29, 1.82) is 0 Å². The first kappa shape index (κ1) is 16.1. The van der Waals surface area contributed by atoms with Crippen molar-refractivity contribution in [2.75, 3.05) is 0 Å². The molecule has 0 spiro atoms. The molecule has 1 radical (unpaired) electrons.